The van der Waals surface area contributed by atoms with Gasteiger partial charge in [0.15, 0.2) is 0 Å². The van der Waals surface area contributed by atoms with E-state index in [1.807, 2.05) is 12.1 Å². The molecule has 0 heterocycles. The third kappa shape index (κ3) is 3.59. The first-order valence-corrected chi connectivity index (χ1v) is 5.38. The molecule has 0 aromatic heterocycles. The first kappa shape index (κ1) is 12.6. The number of methoxy groups -OCH3 is 1. The van der Waals surface area contributed by atoms with Gasteiger partial charge in [0.2, 0.25) is 0 Å². The van der Waals surface area contributed by atoms with Gasteiger partial charge in [-0.3, -0.25) is 4.79 Å². The van der Waals surface area contributed by atoms with Gasteiger partial charge in [0.25, 0.3) is 0 Å². The fourth-order valence-corrected chi connectivity index (χ4v) is 1.49. The van der Waals surface area contributed by atoms with E-state index in [2.05, 4.69) is 26.6 Å². The van der Waals surface area contributed by atoms with Crippen molar-refractivity contribution in [1.82, 2.24) is 0 Å². The van der Waals surface area contributed by atoms with E-state index >= 15 is 0 Å². The zero-order chi connectivity index (χ0) is 12.0. The summed E-state index contributed by atoms with van der Waals surface area (Å²) in [4.78, 5) is 11.1. The fourth-order valence-electron chi connectivity index (χ4n) is 1.13. The topological polar surface area (TPSA) is 35.5 Å². The first-order chi connectivity index (χ1) is 7.67. The molecular formula is C12H11BrO3. The Hall–Kier alpha value is -1.47. The van der Waals surface area contributed by atoms with Crippen molar-refractivity contribution < 1.29 is 14.3 Å². The van der Waals surface area contributed by atoms with Crippen LogP contribution >= 0.6 is 15.9 Å². The minimum absolute atomic E-state index is 0.195. The molecule has 1 rings (SSSR count). The van der Waals surface area contributed by atoms with Crippen molar-refractivity contribution >= 4 is 21.9 Å². The third-order valence-corrected chi connectivity index (χ3v) is 2.54. The lowest BCUT2D eigenvalue weighted by molar-refractivity contribution is -0.139. The lowest BCUT2D eigenvalue weighted by Crippen LogP contribution is -2.05. The highest BCUT2D eigenvalue weighted by Crippen LogP contribution is 2.26. The Labute approximate surface area is 103 Å². The van der Waals surface area contributed by atoms with Crippen LogP contribution in [0.2, 0.25) is 0 Å². The average Bonchev–Trinajstić information content (AvgIpc) is 2.29. The molecule has 1 aromatic carbocycles. The quantitative estimate of drug-likeness (QED) is 0.627. The van der Waals surface area contributed by atoms with E-state index in [0.29, 0.717) is 5.75 Å². The molecule has 84 valence electrons. The lowest BCUT2D eigenvalue weighted by Gasteiger charge is -2.07. The number of ether oxygens (including phenoxy) is 2. The predicted molar refractivity (Wildman–Crippen MR) is 64.2 cm³/mol. The Morgan fingerprint density at radius 3 is 2.94 bits per heavy atom. The Morgan fingerprint density at radius 1 is 1.56 bits per heavy atom. The van der Waals surface area contributed by atoms with Gasteiger partial charge in [-0.15, -0.1) is 6.42 Å². The summed E-state index contributed by atoms with van der Waals surface area (Å²) in [6.45, 7) is 0.195. The number of hydrogen-bond acceptors (Lipinski definition) is 3. The van der Waals surface area contributed by atoms with Gasteiger partial charge in [-0.1, -0.05) is 12.0 Å². The van der Waals surface area contributed by atoms with E-state index in [9.17, 15) is 4.79 Å². The molecule has 4 heteroatoms. The van der Waals surface area contributed by atoms with E-state index in [0.717, 1.165) is 10.0 Å². The molecule has 1 aromatic rings. The molecule has 0 aliphatic heterocycles. The van der Waals surface area contributed by atoms with Crippen LogP contribution in [0.1, 0.15) is 5.56 Å². The van der Waals surface area contributed by atoms with Gasteiger partial charge in [-0.05, 0) is 33.6 Å². The van der Waals surface area contributed by atoms with Gasteiger partial charge in [0.05, 0.1) is 18.0 Å². The molecule has 0 saturated heterocycles. The minimum atomic E-state index is -0.287. The monoisotopic (exact) mass is 282 g/mol. The SMILES string of the molecule is C#CCOc1cc(CC(=O)OC)ccc1Br. The maximum Gasteiger partial charge on any atom is 0.309 e. The van der Waals surface area contributed by atoms with E-state index in [-0.39, 0.29) is 19.0 Å². The molecular weight excluding hydrogens is 272 g/mol. The largest absolute Gasteiger partial charge is 0.480 e. The number of esters is 1. The van der Waals surface area contributed by atoms with Crippen molar-refractivity contribution in [3.05, 3.63) is 28.2 Å². The smallest absolute Gasteiger partial charge is 0.309 e. The van der Waals surface area contributed by atoms with Gasteiger partial charge in [-0.25, -0.2) is 0 Å². The van der Waals surface area contributed by atoms with Crippen LogP contribution in [0.3, 0.4) is 0 Å². The van der Waals surface area contributed by atoms with Crippen molar-refractivity contribution in [2.45, 2.75) is 6.42 Å². The zero-order valence-electron chi connectivity index (χ0n) is 8.83. The van der Waals surface area contributed by atoms with Gasteiger partial charge in [0.1, 0.15) is 12.4 Å². The van der Waals surface area contributed by atoms with Crippen molar-refractivity contribution in [2.24, 2.45) is 0 Å². The molecule has 0 N–H and O–H groups in total. The highest BCUT2D eigenvalue weighted by atomic mass is 79.9. The highest BCUT2D eigenvalue weighted by Gasteiger charge is 2.06. The van der Waals surface area contributed by atoms with Crippen LogP contribution in [0, 0.1) is 12.3 Å². The van der Waals surface area contributed by atoms with Crippen LogP contribution in [0.25, 0.3) is 0 Å². The summed E-state index contributed by atoms with van der Waals surface area (Å²) < 4.78 is 10.7. The van der Waals surface area contributed by atoms with Crippen LogP contribution < -0.4 is 4.74 Å². The zero-order valence-corrected chi connectivity index (χ0v) is 10.4. The number of benzene rings is 1. The van der Waals surface area contributed by atoms with E-state index < -0.39 is 0 Å². The standard InChI is InChI=1S/C12H11BrO3/c1-3-6-16-11-7-9(4-5-10(11)13)8-12(14)15-2/h1,4-5,7H,6,8H2,2H3. The molecule has 0 spiro atoms. The molecule has 0 saturated carbocycles. The van der Waals surface area contributed by atoms with Gasteiger partial charge in [0, 0.05) is 0 Å². The molecule has 16 heavy (non-hydrogen) atoms. The third-order valence-electron chi connectivity index (χ3n) is 1.88. The molecule has 0 aliphatic rings. The lowest BCUT2D eigenvalue weighted by atomic mass is 10.1. The molecule has 3 nitrogen and oxygen atoms in total. The summed E-state index contributed by atoms with van der Waals surface area (Å²) in [5.41, 5.74) is 0.821. The van der Waals surface area contributed by atoms with Crippen molar-refractivity contribution in [3.63, 3.8) is 0 Å². The van der Waals surface area contributed by atoms with Crippen LogP contribution in [0.5, 0.6) is 5.75 Å². The summed E-state index contributed by atoms with van der Waals surface area (Å²) in [5.74, 6) is 2.72. The molecule has 0 radical (unpaired) electrons. The van der Waals surface area contributed by atoms with Crippen LogP contribution in [0.15, 0.2) is 22.7 Å². The second kappa shape index (κ2) is 6.19. The van der Waals surface area contributed by atoms with E-state index in [1.54, 1.807) is 6.07 Å². The van der Waals surface area contributed by atoms with Gasteiger partial charge < -0.3 is 9.47 Å². The van der Waals surface area contributed by atoms with Gasteiger partial charge in [-0.2, -0.15) is 0 Å². The maximum absolute atomic E-state index is 11.1. The van der Waals surface area contributed by atoms with Crippen molar-refractivity contribution in [1.29, 1.82) is 0 Å². The fraction of sp³-hybridized carbons (Fsp3) is 0.250. The Bertz CT molecular complexity index is 421. The molecule has 0 amide bonds. The number of hydrogen-bond donors (Lipinski definition) is 0. The van der Waals surface area contributed by atoms with Crippen molar-refractivity contribution in [3.8, 4) is 18.1 Å². The number of rotatable bonds is 4. The Morgan fingerprint density at radius 2 is 2.31 bits per heavy atom. The van der Waals surface area contributed by atoms with Crippen LogP contribution in [-0.4, -0.2) is 19.7 Å². The normalized spacial score (nSPS) is 9.31. The summed E-state index contributed by atoms with van der Waals surface area (Å²) in [6.07, 6.45) is 5.32. The summed E-state index contributed by atoms with van der Waals surface area (Å²) >= 11 is 3.33. The summed E-state index contributed by atoms with van der Waals surface area (Å²) in [7, 11) is 1.36. The number of terminal acetylenes is 1. The molecule has 0 bridgehead atoms. The van der Waals surface area contributed by atoms with Crippen molar-refractivity contribution in [2.75, 3.05) is 13.7 Å². The maximum atomic E-state index is 11.1. The second-order valence-corrected chi connectivity index (χ2v) is 3.86. The van der Waals surface area contributed by atoms with E-state index in [1.165, 1.54) is 7.11 Å². The number of carbonyl (C=O) groups excluding carboxylic acids is 1. The number of halogens is 1. The van der Waals surface area contributed by atoms with Crippen LogP contribution in [-0.2, 0) is 16.0 Å². The molecule has 0 aliphatic carbocycles. The Balaban J connectivity index is 2.81. The van der Waals surface area contributed by atoms with Crippen LogP contribution in [0.4, 0.5) is 0 Å². The highest BCUT2D eigenvalue weighted by molar-refractivity contribution is 9.10. The van der Waals surface area contributed by atoms with E-state index in [4.69, 9.17) is 11.2 Å². The average molecular weight is 283 g/mol. The second-order valence-electron chi connectivity index (χ2n) is 3.01. The summed E-state index contributed by atoms with van der Waals surface area (Å²) in [5, 5.41) is 0. The molecule has 0 atom stereocenters. The molecule has 0 fully saturated rings. The Kier molecular flexibility index (Phi) is 4.87. The number of carbonyl (C=O) groups is 1. The van der Waals surface area contributed by atoms with Gasteiger partial charge >= 0.3 is 5.97 Å². The predicted octanol–water partition coefficient (Wildman–Crippen LogP) is 2.18. The minimum Gasteiger partial charge on any atom is -0.480 e. The first-order valence-electron chi connectivity index (χ1n) is 4.59. The summed E-state index contributed by atoms with van der Waals surface area (Å²) in [6, 6.07) is 5.40. The molecule has 0 unspecified atom stereocenters.